The zero-order valence-electron chi connectivity index (χ0n) is 17.9. The molecule has 1 amide bonds. The van der Waals surface area contributed by atoms with Crippen LogP contribution >= 0.6 is 11.6 Å². The number of fused-ring (bicyclic) bond motifs is 1. The van der Waals surface area contributed by atoms with Crippen molar-refractivity contribution >= 4 is 29.0 Å². The number of ketones is 1. The maximum Gasteiger partial charge on any atom is 0.264 e. The quantitative estimate of drug-likeness (QED) is 0.652. The Hall–Kier alpha value is -2.37. The van der Waals surface area contributed by atoms with Crippen molar-refractivity contribution in [3.63, 3.8) is 0 Å². The van der Waals surface area contributed by atoms with Crippen molar-refractivity contribution in [1.29, 1.82) is 0 Å². The number of anilines is 1. The molecule has 1 aliphatic heterocycles. The highest BCUT2D eigenvalue weighted by Crippen LogP contribution is 2.43. The summed E-state index contributed by atoms with van der Waals surface area (Å²) in [6.45, 7) is 8.63. The van der Waals surface area contributed by atoms with Gasteiger partial charge in [0, 0.05) is 23.6 Å². The van der Waals surface area contributed by atoms with Crippen molar-refractivity contribution < 1.29 is 19.4 Å². The van der Waals surface area contributed by atoms with Crippen molar-refractivity contribution in [3.8, 4) is 5.75 Å². The number of hydrogen-bond donors (Lipinski definition) is 1. The number of Topliss-reactive ketones (excluding diaryl/α,β-unsaturated/α-hetero) is 1. The number of hydrogen-bond acceptors (Lipinski definition) is 4. The summed E-state index contributed by atoms with van der Waals surface area (Å²) in [4.78, 5) is 26.2. The third kappa shape index (κ3) is 4.52. The fourth-order valence-corrected chi connectivity index (χ4v) is 3.91. The molecule has 0 fully saturated rings. The number of amides is 1. The van der Waals surface area contributed by atoms with Crippen LogP contribution in [0.5, 0.6) is 5.75 Å². The number of carbonyl (C=O) groups excluding carboxylic acids is 2. The van der Waals surface area contributed by atoms with Gasteiger partial charge in [0.25, 0.3) is 5.91 Å². The van der Waals surface area contributed by atoms with Crippen LogP contribution in [0.3, 0.4) is 0 Å². The molecule has 0 bridgehead atoms. The van der Waals surface area contributed by atoms with E-state index in [1.54, 1.807) is 18.2 Å². The average molecular weight is 430 g/mol. The molecule has 5 nitrogen and oxygen atoms in total. The zero-order chi connectivity index (χ0) is 22.1. The zero-order valence-corrected chi connectivity index (χ0v) is 18.6. The van der Waals surface area contributed by atoms with E-state index in [1.807, 2.05) is 12.1 Å². The predicted octanol–water partition coefficient (Wildman–Crippen LogP) is 4.62. The van der Waals surface area contributed by atoms with Crippen molar-refractivity contribution in [2.75, 3.05) is 18.1 Å². The van der Waals surface area contributed by atoms with Gasteiger partial charge in [0.2, 0.25) is 0 Å². The van der Waals surface area contributed by atoms with E-state index in [9.17, 15) is 14.7 Å². The van der Waals surface area contributed by atoms with Crippen LogP contribution in [-0.2, 0) is 20.6 Å². The molecule has 1 N–H and O–H groups in total. The second kappa shape index (κ2) is 8.40. The van der Waals surface area contributed by atoms with Crippen LogP contribution in [-0.4, -0.2) is 29.9 Å². The topological polar surface area (TPSA) is 66.8 Å². The molecule has 6 heteroatoms. The molecular formula is C24H28ClNO4. The Morgan fingerprint density at radius 3 is 2.43 bits per heavy atom. The first-order valence-electron chi connectivity index (χ1n) is 10.1. The molecule has 0 aromatic heterocycles. The van der Waals surface area contributed by atoms with Crippen LogP contribution in [0.4, 0.5) is 5.69 Å². The molecule has 1 unspecified atom stereocenters. The molecule has 2 aromatic rings. The minimum absolute atomic E-state index is 0.0849. The normalized spacial score (nSPS) is 18.5. The third-order valence-electron chi connectivity index (χ3n) is 5.31. The number of ether oxygens (including phenoxy) is 1. The smallest absolute Gasteiger partial charge is 0.264 e. The van der Waals surface area contributed by atoms with Gasteiger partial charge >= 0.3 is 0 Å². The van der Waals surface area contributed by atoms with E-state index in [4.69, 9.17) is 16.3 Å². The summed E-state index contributed by atoms with van der Waals surface area (Å²) in [6.07, 6.45) is 0.303. The van der Waals surface area contributed by atoms with Crippen LogP contribution in [0.2, 0.25) is 5.02 Å². The van der Waals surface area contributed by atoms with Gasteiger partial charge in [-0.2, -0.15) is 0 Å². The summed E-state index contributed by atoms with van der Waals surface area (Å²) in [7, 11) is 0. The predicted molar refractivity (Wildman–Crippen MR) is 118 cm³/mol. The highest BCUT2D eigenvalue weighted by Gasteiger charge is 2.50. The van der Waals surface area contributed by atoms with Crippen molar-refractivity contribution in [1.82, 2.24) is 0 Å². The van der Waals surface area contributed by atoms with Crippen LogP contribution < -0.4 is 9.64 Å². The summed E-state index contributed by atoms with van der Waals surface area (Å²) in [6, 6.07) is 13.0. The maximum absolute atomic E-state index is 13.0. The minimum Gasteiger partial charge on any atom is -0.494 e. The molecule has 1 heterocycles. The van der Waals surface area contributed by atoms with E-state index in [0.717, 1.165) is 5.75 Å². The van der Waals surface area contributed by atoms with E-state index in [-0.39, 0.29) is 17.6 Å². The van der Waals surface area contributed by atoms with Gasteiger partial charge in [0.1, 0.15) is 11.5 Å². The lowest BCUT2D eigenvalue weighted by Crippen LogP contribution is -2.42. The molecule has 30 heavy (non-hydrogen) atoms. The van der Waals surface area contributed by atoms with E-state index in [1.165, 1.54) is 17.4 Å². The summed E-state index contributed by atoms with van der Waals surface area (Å²) in [5, 5.41) is 11.4. The standard InChI is InChI=1S/C24H28ClNO4/c1-16(27)15-24(29)20-14-18(25)8-11-21(20)26(22(24)28)12-5-13-30-19-9-6-17(7-10-19)23(2,3)4/h6-11,14,29H,5,12-13,15H2,1-4H3. The molecule has 0 aliphatic carbocycles. The van der Waals surface area contributed by atoms with Crippen molar-refractivity contribution in [3.05, 3.63) is 58.6 Å². The van der Waals surface area contributed by atoms with E-state index >= 15 is 0 Å². The van der Waals surface area contributed by atoms with Gasteiger partial charge in [0.15, 0.2) is 5.60 Å². The lowest BCUT2D eigenvalue weighted by molar-refractivity contribution is -0.141. The number of halogens is 1. The molecule has 3 rings (SSSR count). The van der Waals surface area contributed by atoms with Gasteiger partial charge in [-0.05, 0) is 54.7 Å². The molecule has 0 spiro atoms. The average Bonchev–Trinajstić information content (AvgIpc) is 2.85. The van der Waals surface area contributed by atoms with Crippen LogP contribution in [0.1, 0.15) is 51.7 Å². The van der Waals surface area contributed by atoms with Crippen LogP contribution in [0.15, 0.2) is 42.5 Å². The summed E-state index contributed by atoms with van der Waals surface area (Å²) >= 11 is 6.07. The van der Waals surface area contributed by atoms with Crippen LogP contribution in [0.25, 0.3) is 0 Å². The van der Waals surface area contributed by atoms with Gasteiger partial charge in [-0.3, -0.25) is 9.59 Å². The maximum atomic E-state index is 13.0. The Balaban J connectivity index is 1.66. The second-order valence-electron chi connectivity index (χ2n) is 8.83. The fourth-order valence-electron chi connectivity index (χ4n) is 3.74. The van der Waals surface area contributed by atoms with Gasteiger partial charge in [-0.25, -0.2) is 0 Å². The highest BCUT2D eigenvalue weighted by atomic mass is 35.5. The van der Waals surface area contributed by atoms with Gasteiger partial charge in [-0.15, -0.1) is 0 Å². The summed E-state index contributed by atoms with van der Waals surface area (Å²) in [5.74, 6) is 0.0150. The molecule has 2 aromatic carbocycles. The van der Waals surface area contributed by atoms with Crippen LogP contribution in [0, 0.1) is 0 Å². The fraction of sp³-hybridized carbons (Fsp3) is 0.417. The Morgan fingerprint density at radius 1 is 1.17 bits per heavy atom. The number of carbonyl (C=O) groups is 2. The van der Waals surface area contributed by atoms with Crippen molar-refractivity contribution in [2.45, 2.75) is 51.6 Å². The SMILES string of the molecule is CC(=O)CC1(O)C(=O)N(CCCOc2ccc(C(C)(C)C)cc2)c2ccc(Cl)cc21. The molecule has 0 saturated carbocycles. The van der Waals surface area contributed by atoms with Gasteiger partial charge in [0.05, 0.1) is 12.3 Å². The third-order valence-corrected chi connectivity index (χ3v) is 5.55. The first-order chi connectivity index (χ1) is 14.0. The molecule has 0 radical (unpaired) electrons. The molecule has 1 aliphatic rings. The largest absolute Gasteiger partial charge is 0.494 e. The Morgan fingerprint density at radius 2 is 1.83 bits per heavy atom. The van der Waals surface area contributed by atoms with Gasteiger partial charge < -0.3 is 14.7 Å². The molecule has 0 saturated heterocycles. The number of nitrogens with zero attached hydrogens (tertiary/aromatic N) is 1. The Kier molecular flexibility index (Phi) is 6.25. The number of rotatable bonds is 7. The molecule has 1 atom stereocenters. The highest BCUT2D eigenvalue weighted by molar-refractivity contribution is 6.31. The van der Waals surface area contributed by atoms with E-state index in [2.05, 4.69) is 32.9 Å². The van der Waals surface area contributed by atoms with E-state index in [0.29, 0.717) is 35.8 Å². The second-order valence-corrected chi connectivity index (χ2v) is 9.27. The van der Waals surface area contributed by atoms with Crippen molar-refractivity contribution in [2.24, 2.45) is 0 Å². The first-order valence-corrected chi connectivity index (χ1v) is 10.5. The molecule has 160 valence electrons. The summed E-state index contributed by atoms with van der Waals surface area (Å²) in [5.41, 5.74) is 0.422. The monoisotopic (exact) mass is 429 g/mol. The number of aliphatic hydroxyl groups is 1. The molecular weight excluding hydrogens is 402 g/mol. The van der Waals surface area contributed by atoms with E-state index < -0.39 is 11.5 Å². The lowest BCUT2D eigenvalue weighted by Gasteiger charge is -2.22. The Labute approximate surface area is 182 Å². The van der Waals surface area contributed by atoms with Gasteiger partial charge in [-0.1, -0.05) is 44.5 Å². The Bertz CT molecular complexity index is 949. The lowest BCUT2D eigenvalue weighted by atomic mass is 9.87. The summed E-state index contributed by atoms with van der Waals surface area (Å²) < 4.78 is 5.82. The number of benzene rings is 2. The first kappa shape index (κ1) is 22.3. The minimum atomic E-state index is -1.87.